The summed E-state index contributed by atoms with van der Waals surface area (Å²) < 4.78 is 25.7. The van der Waals surface area contributed by atoms with Crippen molar-refractivity contribution in [2.45, 2.75) is 31.2 Å². The molecule has 0 aliphatic carbocycles. The Labute approximate surface area is 254 Å². The van der Waals surface area contributed by atoms with E-state index in [9.17, 15) is 14.4 Å². The molecule has 3 aromatic carbocycles. The summed E-state index contributed by atoms with van der Waals surface area (Å²) in [5.41, 5.74) is -0.100. The molecule has 9 heteroatoms. The van der Waals surface area contributed by atoms with Crippen molar-refractivity contribution in [3.05, 3.63) is 118 Å². The van der Waals surface area contributed by atoms with Gasteiger partial charge in [0.2, 0.25) is 5.91 Å². The van der Waals surface area contributed by atoms with Crippen molar-refractivity contribution in [3.63, 3.8) is 0 Å². The van der Waals surface area contributed by atoms with Gasteiger partial charge in [0.05, 0.1) is 31.8 Å². The molecule has 1 unspecified atom stereocenters. The highest BCUT2D eigenvalue weighted by Crippen LogP contribution is 2.62. The average molecular weight is 595 g/mol. The van der Waals surface area contributed by atoms with Gasteiger partial charge in [-0.3, -0.25) is 9.59 Å². The molecule has 0 N–H and O–H groups in total. The van der Waals surface area contributed by atoms with Gasteiger partial charge in [0.25, 0.3) is 0 Å². The van der Waals surface area contributed by atoms with Crippen LogP contribution in [0.2, 0.25) is 0 Å². The minimum atomic E-state index is -1.87. The number of rotatable bonds is 7. The smallest absolute Gasteiger partial charge is 0.355 e. The number of esters is 2. The highest BCUT2D eigenvalue weighted by atomic mass is 19.1. The summed E-state index contributed by atoms with van der Waals surface area (Å²) in [5.74, 6) is -5.08. The first kappa shape index (κ1) is 29.0. The summed E-state index contributed by atoms with van der Waals surface area (Å²) in [6.45, 7) is 2.31. The molecule has 0 bridgehead atoms. The second kappa shape index (κ2) is 11.2. The molecule has 8 nitrogen and oxygen atoms in total. The number of amides is 1. The minimum Gasteiger partial charge on any atom is -0.466 e. The molecule has 3 aliphatic rings. The van der Waals surface area contributed by atoms with E-state index < -0.39 is 46.8 Å². The summed E-state index contributed by atoms with van der Waals surface area (Å²) in [7, 11) is 2.32. The Balaban J connectivity index is 1.81. The zero-order valence-corrected chi connectivity index (χ0v) is 24.6. The average Bonchev–Trinajstić information content (AvgIpc) is 3.29. The number of unbranched alkanes of at least 4 members (excludes halogenated alkanes) is 1. The van der Waals surface area contributed by atoms with Crippen molar-refractivity contribution in [2.24, 2.45) is 5.92 Å². The molecule has 3 heterocycles. The summed E-state index contributed by atoms with van der Waals surface area (Å²) >= 11 is 0. The van der Waals surface area contributed by atoms with Crippen LogP contribution in [-0.4, -0.2) is 49.3 Å². The Morgan fingerprint density at radius 1 is 0.932 bits per heavy atom. The maximum Gasteiger partial charge on any atom is 0.355 e. The maximum absolute atomic E-state index is 15.3. The van der Waals surface area contributed by atoms with E-state index in [0.717, 1.165) is 19.1 Å². The molecule has 1 spiro atoms. The van der Waals surface area contributed by atoms with Gasteiger partial charge in [-0.1, -0.05) is 67.9 Å². The molecule has 3 aliphatic heterocycles. The lowest BCUT2D eigenvalue weighted by Gasteiger charge is -2.52. The van der Waals surface area contributed by atoms with E-state index in [4.69, 9.17) is 9.47 Å². The van der Waals surface area contributed by atoms with Crippen LogP contribution in [0.25, 0.3) is 6.08 Å². The molecule has 224 valence electrons. The lowest BCUT2D eigenvalue weighted by atomic mass is 9.56. The number of carbonyl (C=O) groups excluding carboxylic acids is 4. The first-order valence-electron chi connectivity index (χ1n) is 14.5. The first-order valence-corrected chi connectivity index (χ1v) is 14.5. The Kier molecular flexibility index (Phi) is 7.41. The predicted octanol–water partition coefficient (Wildman–Crippen LogP) is 5.35. The van der Waals surface area contributed by atoms with Gasteiger partial charge < -0.3 is 19.3 Å². The molecule has 1 amide bonds. The minimum absolute atomic E-state index is 0.215. The molecule has 3 aromatic rings. The van der Waals surface area contributed by atoms with Crippen molar-refractivity contribution in [2.75, 3.05) is 25.7 Å². The van der Waals surface area contributed by atoms with Crippen molar-refractivity contribution in [1.82, 2.24) is 4.90 Å². The monoisotopic (exact) mass is 594 g/mol. The third-order valence-electron chi connectivity index (χ3n) is 8.81. The van der Waals surface area contributed by atoms with E-state index in [1.165, 1.54) is 24.1 Å². The van der Waals surface area contributed by atoms with Crippen LogP contribution in [0.1, 0.15) is 52.9 Å². The third-order valence-corrected chi connectivity index (χ3v) is 8.81. The number of ketones is 1. The fourth-order valence-corrected chi connectivity index (χ4v) is 6.99. The number of Topliss-reactive ketones (excluding diaryl/α,β-unsaturated/α-hetero) is 1. The fraction of sp³-hybridized carbons (Fsp3) is 0.257. The van der Waals surface area contributed by atoms with Gasteiger partial charge >= 0.3 is 11.9 Å². The first-order chi connectivity index (χ1) is 21.3. The number of benzene rings is 3. The van der Waals surface area contributed by atoms with Crippen LogP contribution < -0.4 is 4.90 Å². The highest BCUT2D eigenvalue weighted by molar-refractivity contribution is 6.19. The SMILES string of the molecule is CCCCN1C(=O)[C@]2(c3cc(F)ccc31)C(C(=O)c1ccccc1)C(C(=O)OC)=C(C(=O)OC)N1C=Cc3ccccc3[C@H]12. The fourth-order valence-electron chi connectivity index (χ4n) is 6.99. The summed E-state index contributed by atoms with van der Waals surface area (Å²) in [6.07, 6.45) is 4.79. The second-order valence-corrected chi connectivity index (χ2v) is 11.0. The van der Waals surface area contributed by atoms with Crippen molar-refractivity contribution < 1.29 is 33.0 Å². The van der Waals surface area contributed by atoms with Crippen molar-refractivity contribution in [1.29, 1.82) is 0 Å². The normalized spacial score (nSPS) is 21.6. The van der Waals surface area contributed by atoms with Gasteiger partial charge in [-0.15, -0.1) is 0 Å². The van der Waals surface area contributed by atoms with Crippen LogP contribution in [-0.2, 0) is 29.3 Å². The van der Waals surface area contributed by atoms with Crippen LogP contribution >= 0.6 is 0 Å². The number of ether oxygens (including phenoxy) is 2. The Morgan fingerprint density at radius 2 is 1.64 bits per heavy atom. The number of methoxy groups -OCH3 is 2. The number of hydrogen-bond donors (Lipinski definition) is 0. The quantitative estimate of drug-likeness (QED) is 0.269. The number of anilines is 1. The van der Waals surface area contributed by atoms with Crippen LogP contribution in [0, 0.1) is 11.7 Å². The number of halogens is 1. The third kappa shape index (κ3) is 4.10. The molecule has 0 saturated heterocycles. The lowest BCUT2D eigenvalue weighted by Crippen LogP contribution is -2.61. The molecule has 0 radical (unpaired) electrons. The zero-order chi connectivity index (χ0) is 31.2. The molecule has 3 atom stereocenters. The number of nitrogens with zero attached hydrogens (tertiary/aromatic N) is 2. The van der Waals surface area contributed by atoms with E-state index >= 15 is 9.18 Å². The van der Waals surface area contributed by atoms with E-state index in [1.807, 2.05) is 25.1 Å². The Bertz CT molecular complexity index is 1750. The van der Waals surface area contributed by atoms with E-state index in [0.29, 0.717) is 24.2 Å². The molecule has 6 rings (SSSR count). The molecular weight excluding hydrogens is 563 g/mol. The van der Waals surface area contributed by atoms with E-state index in [1.54, 1.807) is 59.6 Å². The van der Waals surface area contributed by atoms with Gasteiger partial charge in [-0.2, -0.15) is 0 Å². The van der Waals surface area contributed by atoms with Gasteiger partial charge in [0, 0.05) is 24.0 Å². The van der Waals surface area contributed by atoms with Gasteiger partial charge in [-0.05, 0) is 47.4 Å². The molecule has 0 aromatic heterocycles. The van der Waals surface area contributed by atoms with Crippen LogP contribution in [0.3, 0.4) is 0 Å². The standard InChI is InChI=1S/C35H31FN2O6/c1-4-5-18-37-26-16-15-23(36)20-25(26)35(34(37)42)28(30(39)22-12-7-6-8-13-22)27(32(40)43-2)29(33(41)44-3)38-19-17-21-11-9-10-14-24(21)31(35)38/h6-17,19-20,28,31H,4-5,18H2,1-3H3/t28?,31-,35+/m0/s1. The number of fused-ring (bicyclic) bond motifs is 6. The van der Waals surface area contributed by atoms with Gasteiger partial charge in [0.1, 0.15) is 16.9 Å². The van der Waals surface area contributed by atoms with E-state index in [2.05, 4.69) is 0 Å². The van der Waals surface area contributed by atoms with Crippen molar-refractivity contribution >= 4 is 35.4 Å². The summed E-state index contributed by atoms with van der Waals surface area (Å²) in [4.78, 5) is 60.8. The van der Waals surface area contributed by atoms with E-state index in [-0.39, 0.29) is 22.4 Å². The highest BCUT2D eigenvalue weighted by Gasteiger charge is 2.69. The van der Waals surface area contributed by atoms with Crippen molar-refractivity contribution in [3.8, 4) is 0 Å². The summed E-state index contributed by atoms with van der Waals surface area (Å²) in [5, 5.41) is 0. The second-order valence-electron chi connectivity index (χ2n) is 11.0. The zero-order valence-electron chi connectivity index (χ0n) is 24.6. The van der Waals surface area contributed by atoms with Crippen LogP contribution in [0.15, 0.2) is 90.3 Å². The number of carbonyl (C=O) groups is 4. The van der Waals surface area contributed by atoms with Crippen LogP contribution in [0.5, 0.6) is 0 Å². The van der Waals surface area contributed by atoms with Crippen LogP contribution in [0.4, 0.5) is 10.1 Å². The lowest BCUT2D eigenvalue weighted by molar-refractivity contribution is -0.144. The topological polar surface area (TPSA) is 93.2 Å². The Morgan fingerprint density at radius 3 is 2.34 bits per heavy atom. The van der Waals surface area contributed by atoms with Gasteiger partial charge in [0.15, 0.2) is 5.78 Å². The van der Waals surface area contributed by atoms with Gasteiger partial charge in [-0.25, -0.2) is 14.0 Å². The largest absolute Gasteiger partial charge is 0.466 e. The molecule has 44 heavy (non-hydrogen) atoms. The molecule has 0 fully saturated rings. The predicted molar refractivity (Wildman–Crippen MR) is 161 cm³/mol. The Hall–Kier alpha value is -5.05. The molecular formula is C35H31FN2O6. The maximum atomic E-state index is 15.3. The molecule has 0 saturated carbocycles. The number of hydrogen-bond acceptors (Lipinski definition) is 7. The summed E-state index contributed by atoms with van der Waals surface area (Å²) in [6, 6.07) is 18.7.